The van der Waals surface area contributed by atoms with E-state index in [-0.39, 0.29) is 0 Å². The van der Waals surface area contributed by atoms with Gasteiger partial charge in [0.25, 0.3) is 0 Å². The predicted octanol–water partition coefficient (Wildman–Crippen LogP) is 0.613. The van der Waals surface area contributed by atoms with Crippen LogP contribution in [0.3, 0.4) is 0 Å². The quantitative estimate of drug-likeness (QED) is 0.708. The standard InChI is InChI=1S/C11H23NO4SSi/c1-2-14-18(11-12-3-5-13-6-4-12)15-7-9-17-10-8-16-18/h2-11H2,1H3. The summed E-state index contributed by atoms with van der Waals surface area (Å²) in [4.78, 5) is 2.35. The van der Waals surface area contributed by atoms with Crippen LogP contribution in [0.5, 0.6) is 0 Å². The summed E-state index contributed by atoms with van der Waals surface area (Å²) >= 11 is 1.88. The first-order valence-electron chi connectivity index (χ1n) is 6.64. The van der Waals surface area contributed by atoms with Crippen molar-refractivity contribution in [2.45, 2.75) is 6.92 Å². The molecule has 18 heavy (non-hydrogen) atoms. The second kappa shape index (κ2) is 7.84. The lowest BCUT2D eigenvalue weighted by molar-refractivity contribution is 0.0174. The van der Waals surface area contributed by atoms with Gasteiger partial charge in [0.2, 0.25) is 0 Å². The molecular formula is C11H23NO4SSi. The van der Waals surface area contributed by atoms with Gasteiger partial charge in [-0.3, -0.25) is 4.90 Å². The molecule has 0 spiro atoms. The smallest absolute Gasteiger partial charge is 0.379 e. The van der Waals surface area contributed by atoms with E-state index >= 15 is 0 Å². The van der Waals surface area contributed by atoms with Crippen molar-refractivity contribution >= 4 is 20.6 Å². The van der Waals surface area contributed by atoms with E-state index in [0.29, 0.717) is 6.61 Å². The summed E-state index contributed by atoms with van der Waals surface area (Å²) in [5, 5.41) is 0. The van der Waals surface area contributed by atoms with Gasteiger partial charge in [0, 0.05) is 44.4 Å². The Hall–Kier alpha value is 0.367. The molecule has 0 bridgehead atoms. The van der Waals surface area contributed by atoms with Crippen molar-refractivity contribution in [1.29, 1.82) is 0 Å². The predicted molar refractivity (Wildman–Crippen MR) is 73.9 cm³/mol. The second-order valence-electron chi connectivity index (χ2n) is 4.31. The fraction of sp³-hybridized carbons (Fsp3) is 1.00. The van der Waals surface area contributed by atoms with Crippen LogP contribution in [0, 0.1) is 0 Å². The summed E-state index contributed by atoms with van der Waals surface area (Å²) < 4.78 is 23.3. The van der Waals surface area contributed by atoms with Gasteiger partial charge in [0.05, 0.1) is 19.4 Å². The van der Waals surface area contributed by atoms with Crippen LogP contribution in [0.25, 0.3) is 0 Å². The first-order chi connectivity index (χ1) is 8.85. The van der Waals surface area contributed by atoms with E-state index in [1.807, 2.05) is 18.7 Å². The Morgan fingerprint density at radius 1 is 1.11 bits per heavy atom. The Balaban J connectivity index is 1.93. The van der Waals surface area contributed by atoms with Crippen molar-refractivity contribution < 1.29 is 18.0 Å². The monoisotopic (exact) mass is 293 g/mol. The van der Waals surface area contributed by atoms with Crippen LogP contribution >= 0.6 is 11.8 Å². The number of rotatable bonds is 4. The lowest BCUT2D eigenvalue weighted by atomic mass is 10.5. The molecule has 2 rings (SSSR count). The zero-order chi connectivity index (χ0) is 12.7. The maximum Gasteiger partial charge on any atom is 0.515 e. The molecule has 2 saturated heterocycles. The van der Waals surface area contributed by atoms with Gasteiger partial charge < -0.3 is 18.0 Å². The molecule has 5 nitrogen and oxygen atoms in total. The summed E-state index contributed by atoms with van der Waals surface area (Å²) in [7, 11) is -2.50. The van der Waals surface area contributed by atoms with Crippen molar-refractivity contribution in [2.75, 3.05) is 63.8 Å². The first-order valence-corrected chi connectivity index (χ1v) is 9.73. The van der Waals surface area contributed by atoms with Crippen LogP contribution in [-0.4, -0.2) is 77.5 Å². The van der Waals surface area contributed by atoms with E-state index in [9.17, 15) is 0 Å². The molecule has 0 amide bonds. The van der Waals surface area contributed by atoms with Crippen LogP contribution in [0.1, 0.15) is 6.92 Å². The molecule has 0 aromatic heterocycles. The van der Waals surface area contributed by atoms with Gasteiger partial charge in [-0.25, -0.2) is 0 Å². The lowest BCUT2D eigenvalue weighted by Crippen LogP contribution is -2.58. The van der Waals surface area contributed by atoms with Crippen molar-refractivity contribution in [2.24, 2.45) is 0 Å². The van der Waals surface area contributed by atoms with E-state index in [1.54, 1.807) is 0 Å². The molecule has 0 aromatic carbocycles. The fourth-order valence-electron chi connectivity index (χ4n) is 2.13. The van der Waals surface area contributed by atoms with Crippen LogP contribution in [0.15, 0.2) is 0 Å². The molecule has 0 aromatic rings. The van der Waals surface area contributed by atoms with Crippen LogP contribution in [0.2, 0.25) is 0 Å². The maximum absolute atomic E-state index is 6.00. The molecule has 0 N–H and O–H groups in total. The summed E-state index contributed by atoms with van der Waals surface area (Å²) in [5.41, 5.74) is 0. The number of thioether (sulfide) groups is 1. The summed E-state index contributed by atoms with van der Waals surface area (Å²) in [6.45, 7) is 7.63. The molecule has 0 saturated carbocycles. The topological polar surface area (TPSA) is 40.2 Å². The SMILES string of the molecule is CCO[Si]1(CN2CCOCC2)OCCSCCO1. The van der Waals surface area contributed by atoms with E-state index in [1.165, 1.54) is 0 Å². The molecule has 2 fully saturated rings. The highest BCUT2D eigenvalue weighted by molar-refractivity contribution is 7.99. The highest BCUT2D eigenvalue weighted by Crippen LogP contribution is 2.17. The average molecular weight is 293 g/mol. The molecule has 0 radical (unpaired) electrons. The van der Waals surface area contributed by atoms with Gasteiger partial charge in [0.15, 0.2) is 0 Å². The molecule has 2 aliphatic heterocycles. The van der Waals surface area contributed by atoms with Crippen molar-refractivity contribution in [1.82, 2.24) is 4.90 Å². The van der Waals surface area contributed by atoms with Crippen LogP contribution < -0.4 is 0 Å². The Morgan fingerprint density at radius 2 is 1.78 bits per heavy atom. The minimum Gasteiger partial charge on any atom is -0.379 e. The lowest BCUT2D eigenvalue weighted by Gasteiger charge is -2.36. The largest absolute Gasteiger partial charge is 0.515 e. The molecule has 0 unspecified atom stereocenters. The van der Waals surface area contributed by atoms with Gasteiger partial charge in [-0.1, -0.05) is 0 Å². The zero-order valence-corrected chi connectivity index (χ0v) is 12.9. The molecule has 2 aliphatic rings. The van der Waals surface area contributed by atoms with Gasteiger partial charge in [-0.2, -0.15) is 11.8 Å². The maximum atomic E-state index is 6.00. The van der Waals surface area contributed by atoms with Crippen LogP contribution in [-0.2, 0) is 18.0 Å². The van der Waals surface area contributed by atoms with E-state index < -0.39 is 8.80 Å². The normalized spacial score (nSPS) is 26.5. The van der Waals surface area contributed by atoms with Crippen molar-refractivity contribution in [3.8, 4) is 0 Å². The Bertz CT molecular complexity index is 233. The fourth-order valence-corrected chi connectivity index (χ4v) is 5.69. The number of hydrogen-bond donors (Lipinski definition) is 0. The Kier molecular flexibility index (Phi) is 6.43. The third-order valence-corrected chi connectivity index (χ3v) is 6.75. The molecular weight excluding hydrogens is 270 g/mol. The van der Waals surface area contributed by atoms with Gasteiger partial charge >= 0.3 is 8.80 Å². The molecule has 0 aliphatic carbocycles. The van der Waals surface area contributed by atoms with Crippen molar-refractivity contribution in [3.05, 3.63) is 0 Å². The van der Waals surface area contributed by atoms with Gasteiger partial charge in [0.1, 0.15) is 0 Å². The summed E-state index contributed by atoms with van der Waals surface area (Å²) in [6, 6.07) is 0. The number of morpholine rings is 1. The Morgan fingerprint density at radius 3 is 2.39 bits per heavy atom. The third-order valence-electron chi connectivity index (χ3n) is 2.98. The minimum atomic E-state index is -2.50. The highest BCUT2D eigenvalue weighted by Gasteiger charge is 2.43. The number of hydrogen-bond acceptors (Lipinski definition) is 6. The van der Waals surface area contributed by atoms with Gasteiger partial charge in [-0.15, -0.1) is 0 Å². The third kappa shape index (κ3) is 4.48. The molecule has 106 valence electrons. The zero-order valence-electron chi connectivity index (χ0n) is 11.1. The van der Waals surface area contributed by atoms with Crippen molar-refractivity contribution in [3.63, 3.8) is 0 Å². The van der Waals surface area contributed by atoms with Crippen LogP contribution in [0.4, 0.5) is 0 Å². The second-order valence-corrected chi connectivity index (χ2v) is 8.09. The minimum absolute atomic E-state index is 0.656. The van der Waals surface area contributed by atoms with E-state index in [4.69, 9.17) is 18.0 Å². The number of ether oxygens (including phenoxy) is 1. The first kappa shape index (κ1) is 14.8. The molecule has 0 atom stereocenters. The molecule has 2 heterocycles. The average Bonchev–Trinajstić information content (AvgIpc) is 2.36. The van der Waals surface area contributed by atoms with Gasteiger partial charge in [-0.05, 0) is 6.92 Å². The highest BCUT2D eigenvalue weighted by atomic mass is 32.2. The van der Waals surface area contributed by atoms with E-state index in [0.717, 1.165) is 57.2 Å². The Labute approximate surface area is 114 Å². The van der Waals surface area contributed by atoms with E-state index in [2.05, 4.69) is 4.90 Å². The number of nitrogens with zero attached hydrogens (tertiary/aromatic N) is 1. The summed E-state index contributed by atoms with van der Waals surface area (Å²) in [5.74, 6) is 2.07. The molecule has 7 heteroatoms. The summed E-state index contributed by atoms with van der Waals surface area (Å²) in [6.07, 6.45) is 0.800.